The molecule has 0 radical (unpaired) electrons. The van der Waals surface area contributed by atoms with E-state index < -0.39 is 48.4 Å². The number of hydrogen-bond acceptors (Lipinski definition) is 8. The van der Waals surface area contributed by atoms with Crippen LogP contribution in [0.2, 0.25) is 0 Å². The Morgan fingerprint density at radius 3 is 1.81 bits per heavy atom. The summed E-state index contributed by atoms with van der Waals surface area (Å²) in [5, 5.41) is 13.9. The first kappa shape index (κ1) is 29.5. The highest BCUT2D eigenvalue weighted by atomic mass is 32.2. The van der Waals surface area contributed by atoms with Crippen LogP contribution in [-0.2, 0) is 34.0 Å². The molecule has 0 heterocycles. The van der Waals surface area contributed by atoms with Crippen LogP contribution in [0.1, 0.15) is 84.5 Å². The van der Waals surface area contributed by atoms with E-state index >= 15 is 0 Å². The lowest BCUT2D eigenvalue weighted by Gasteiger charge is -2.21. The van der Waals surface area contributed by atoms with E-state index in [1.807, 2.05) is 0 Å². The average Bonchev–Trinajstić information content (AvgIpc) is 2.68. The Morgan fingerprint density at radius 2 is 1.42 bits per heavy atom. The van der Waals surface area contributed by atoms with Crippen LogP contribution in [0.4, 0.5) is 0 Å². The van der Waals surface area contributed by atoms with Crippen molar-refractivity contribution in [1.82, 2.24) is 0 Å². The van der Waals surface area contributed by atoms with E-state index in [1.54, 1.807) is 0 Å². The van der Waals surface area contributed by atoms with Gasteiger partial charge in [-0.1, -0.05) is 64.7 Å². The van der Waals surface area contributed by atoms with Gasteiger partial charge < -0.3 is 5.11 Å². The second kappa shape index (κ2) is 13.8. The molecule has 31 heavy (non-hydrogen) atoms. The third-order valence-corrected chi connectivity index (χ3v) is 7.36. The Labute approximate surface area is 184 Å². The smallest absolute Gasteiger partial charge is 0.332 e. The molecule has 0 aromatic rings. The summed E-state index contributed by atoms with van der Waals surface area (Å²) in [4.78, 5) is 23.4. The number of carboxylic acid groups (broad SMARTS) is 1. The molecule has 0 spiro atoms. The lowest BCUT2D eigenvalue weighted by atomic mass is 9.88. The van der Waals surface area contributed by atoms with Gasteiger partial charge in [0.2, 0.25) is 0 Å². The minimum absolute atomic E-state index is 0.285. The van der Waals surface area contributed by atoms with Crippen LogP contribution in [0.25, 0.3) is 0 Å². The molecule has 2 N–H and O–H groups in total. The molecule has 0 aromatic carbocycles. The van der Waals surface area contributed by atoms with E-state index in [0.29, 0.717) is 12.8 Å². The van der Waals surface area contributed by atoms with Gasteiger partial charge in [-0.25, -0.2) is 0 Å². The van der Waals surface area contributed by atoms with Gasteiger partial charge in [-0.3, -0.25) is 18.3 Å². The third-order valence-electron chi connectivity index (χ3n) is 4.89. The highest BCUT2D eigenvalue weighted by Crippen LogP contribution is 2.29. The molecule has 180 valence electrons. The molecule has 0 saturated heterocycles. The molecule has 12 heteroatoms. The maximum absolute atomic E-state index is 12.3. The number of carbonyl (C=O) groups excluding carboxylic acids is 1. The molecule has 0 fully saturated rings. The highest BCUT2D eigenvalue weighted by molar-refractivity contribution is 8.02. The van der Waals surface area contributed by atoms with Crippen molar-refractivity contribution in [3.63, 3.8) is 0 Å². The molecule has 0 aromatic heterocycles. The molecule has 0 amide bonds. The maximum atomic E-state index is 12.3. The Balaban J connectivity index is 4.61. The first-order valence-electron chi connectivity index (χ1n) is 10.4. The Hall–Kier alpha value is -1.55. The fraction of sp³-hybridized carbons (Fsp3) is 0.842. The van der Waals surface area contributed by atoms with Crippen molar-refractivity contribution in [1.29, 1.82) is 5.26 Å². The summed E-state index contributed by atoms with van der Waals surface area (Å²) in [6, 6.07) is 1.34. The van der Waals surface area contributed by atoms with Gasteiger partial charge in [-0.2, -0.15) is 22.1 Å². The molecule has 0 rings (SSSR count). The summed E-state index contributed by atoms with van der Waals surface area (Å²) < 4.78 is 60.3. The number of carbonyl (C=O) groups is 2. The minimum atomic E-state index is -5.16. The summed E-state index contributed by atoms with van der Waals surface area (Å²) in [7, 11) is -10.1. The third kappa shape index (κ3) is 11.0. The Bertz CT molecular complexity index is 831. The van der Waals surface area contributed by atoms with Crippen molar-refractivity contribution in [3.8, 4) is 6.07 Å². The molecule has 2 atom stereocenters. The second-order valence-corrected chi connectivity index (χ2v) is 10.8. The molecule has 0 bridgehead atoms. The fourth-order valence-electron chi connectivity index (χ4n) is 2.95. The summed E-state index contributed by atoms with van der Waals surface area (Å²) in [6.45, 7) is 2.66. The zero-order chi connectivity index (χ0) is 24.1. The van der Waals surface area contributed by atoms with Crippen LogP contribution >= 0.6 is 0 Å². The first-order chi connectivity index (χ1) is 14.3. The van der Waals surface area contributed by atoms with Crippen LogP contribution < -0.4 is 0 Å². The maximum Gasteiger partial charge on any atom is 0.332 e. The van der Waals surface area contributed by atoms with E-state index in [1.165, 1.54) is 31.8 Å². The fourth-order valence-corrected chi connectivity index (χ4v) is 4.88. The number of hydrogen-bond donors (Lipinski definition) is 2. The van der Waals surface area contributed by atoms with E-state index in [2.05, 4.69) is 11.1 Å². The van der Waals surface area contributed by atoms with E-state index in [4.69, 9.17) is 9.66 Å². The second-order valence-electron chi connectivity index (χ2n) is 7.74. The highest BCUT2D eigenvalue weighted by Gasteiger charge is 2.48. The standard InChI is InChI=1S/C19H33NO9S2/c1-3-4-5-6-7-8-9-10-11-12-13-29-31(27,28)18(23)19(2,15-20)14-16(17(21)22)30(24,25)26/h16H,3-14H2,1-2H3,(H,21,22)(H,24,25,26). The predicted octanol–water partition coefficient (Wildman–Crippen LogP) is 3.04. The van der Waals surface area contributed by atoms with Gasteiger partial charge in [0.1, 0.15) is 5.41 Å². The predicted molar refractivity (Wildman–Crippen MR) is 113 cm³/mol. The first-order valence-corrected chi connectivity index (χ1v) is 13.3. The zero-order valence-corrected chi connectivity index (χ0v) is 19.7. The molecule has 2 unspecified atom stereocenters. The van der Waals surface area contributed by atoms with Crippen LogP contribution in [0.3, 0.4) is 0 Å². The Morgan fingerprint density at radius 1 is 0.968 bits per heavy atom. The Kier molecular flexibility index (Phi) is 13.1. The summed E-state index contributed by atoms with van der Waals surface area (Å²) >= 11 is 0. The van der Waals surface area contributed by atoms with Gasteiger partial charge in [0.25, 0.3) is 15.2 Å². The van der Waals surface area contributed by atoms with Crippen molar-refractivity contribution in [3.05, 3.63) is 0 Å². The largest absolute Gasteiger partial charge is 0.480 e. The van der Waals surface area contributed by atoms with Crippen molar-refractivity contribution < 1.29 is 40.3 Å². The van der Waals surface area contributed by atoms with Crippen molar-refractivity contribution in [2.24, 2.45) is 5.41 Å². The van der Waals surface area contributed by atoms with E-state index in [9.17, 15) is 31.7 Å². The lowest BCUT2D eigenvalue weighted by molar-refractivity contribution is -0.137. The van der Waals surface area contributed by atoms with Crippen LogP contribution in [0.5, 0.6) is 0 Å². The van der Waals surface area contributed by atoms with Gasteiger partial charge in [0.05, 0.1) is 12.7 Å². The average molecular weight is 484 g/mol. The number of unbranched alkanes of at least 4 members (excludes halogenated alkanes) is 9. The quantitative estimate of drug-likeness (QED) is 0.177. The summed E-state index contributed by atoms with van der Waals surface area (Å²) in [5.41, 5.74) is -2.53. The van der Waals surface area contributed by atoms with Crippen LogP contribution in [0.15, 0.2) is 0 Å². The number of carboxylic acids is 1. The van der Waals surface area contributed by atoms with E-state index in [-0.39, 0.29) is 6.61 Å². The van der Waals surface area contributed by atoms with E-state index in [0.717, 1.165) is 32.6 Å². The topological polar surface area (TPSA) is 176 Å². The molecule has 0 saturated carbocycles. The molecule has 0 aliphatic rings. The van der Waals surface area contributed by atoms with Gasteiger partial charge in [0.15, 0.2) is 5.25 Å². The van der Waals surface area contributed by atoms with Gasteiger partial charge in [-0.05, 0) is 13.3 Å². The van der Waals surface area contributed by atoms with Gasteiger partial charge in [-0.15, -0.1) is 0 Å². The SMILES string of the molecule is CCCCCCCCCCCCOS(=O)(=O)C(=O)C(C)(C#N)CC(C(=O)O)S(=O)(=O)O. The normalized spacial score (nSPS) is 15.0. The van der Waals surface area contributed by atoms with Crippen LogP contribution in [0, 0.1) is 16.7 Å². The van der Waals surface area contributed by atoms with Crippen molar-refractivity contribution in [2.75, 3.05) is 6.61 Å². The van der Waals surface area contributed by atoms with Crippen LogP contribution in [-0.4, -0.2) is 49.4 Å². The molecular formula is C19H33NO9S2. The van der Waals surface area contributed by atoms with Crippen molar-refractivity contribution >= 4 is 31.3 Å². The molecule has 10 nitrogen and oxygen atoms in total. The number of nitriles is 1. The monoisotopic (exact) mass is 483 g/mol. The summed E-state index contributed by atoms with van der Waals surface area (Å²) in [6.07, 6.45) is 8.84. The molecule has 0 aliphatic heterocycles. The lowest BCUT2D eigenvalue weighted by Crippen LogP contribution is -2.41. The number of rotatable bonds is 17. The zero-order valence-electron chi connectivity index (χ0n) is 18.1. The minimum Gasteiger partial charge on any atom is -0.480 e. The summed E-state index contributed by atoms with van der Waals surface area (Å²) in [5.74, 6) is -2.01. The molecular weight excluding hydrogens is 450 g/mol. The number of nitrogens with zero attached hydrogens (tertiary/aromatic N) is 1. The van der Waals surface area contributed by atoms with Gasteiger partial charge in [0, 0.05) is 6.42 Å². The number of aliphatic carboxylic acids is 1. The molecule has 0 aliphatic carbocycles. The van der Waals surface area contributed by atoms with Gasteiger partial charge >= 0.3 is 16.1 Å². The van der Waals surface area contributed by atoms with Crippen molar-refractivity contribution in [2.45, 2.75) is 89.7 Å².